The standard InChI is InChI=1S/C16H16F3N3O/c1-11-9-22(10-13(23-11)12-5-3-2-4-6-12)15-20-8-7-14(21-15)16(17,18)19/h2-8,11,13H,9-10H2,1H3/t11-,13+/m0/s1. The van der Waals surface area contributed by atoms with Crippen LogP contribution in [0, 0.1) is 0 Å². The summed E-state index contributed by atoms with van der Waals surface area (Å²) in [5, 5.41) is 0. The highest BCUT2D eigenvalue weighted by molar-refractivity contribution is 5.34. The minimum absolute atomic E-state index is 0.0795. The molecule has 1 fully saturated rings. The molecule has 0 aliphatic carbocycles. The topological polar surface area (TPSA) is 38.2 Å². The summed E-state index contributed by atoms with van der Waals surface area (Å²) in [5.41, 5.74) is 0.0499. The van der Waals surface area contributed by atoms with E-state index in [1.165, 1.54) is 0 Å². The van der Waals surface area contributed by atoms with E-state index in [0.717, 1.165) is 17.8 Å². The number of morpholine rings is 1. The number of nitrogens with zero attached hydrogens (tertiary/aromatic N) is 3. The van der Waals surface area contributed by atoms with Crippen molar-refractivity contribution in [3.05, 3.63) is 53.9 Å². The van der Waals surface area contributed by atoms with E-state index in [1.54, 1.807) is 4.90 Å². The lowest BCUT2D eigenvalue weighted by Crippen LogP contribution is -2.43. The molecule has 3 rings (SSSR count). The van der Waals surface area contributed by atoms with Crippen LogP contribution >= 0.6 is 0 Å². The normalized spacial score (nSPS) is 22.2. The smallest absolute Gasteiger partial charge is 0.367 e. The molecule has 0 saturated carbocycles. The van der Waals surface area contributed by atoms with Crippen molar-refractivity contribution < 1.29 is 17.9 Å². The van der Waals surface area contributed by atoms with Crippen LogP contribution in [0.2, 0.25) is 0 Å². The number of benzene rings is 1. The van der Waals surface area contributed by atoms with Gasteiger partial charge in [-0.1, -0.05) is 30.3 Å². The van der Waals surface area contributed by atoms with Crippen LogP contribution in [0.1, 0.15) is 24.3 Å². The third-order valence-electron chi connectivity index (χ3n) is 3.65. The van der Waals surface area contributed by atoms with Gasteiger partial charge in [0.15, 0.2) is 0 Å². The third kappa shape index (κ3) is 3.61. The molecule has 1 aliphatic rings. The van der Waals surface area contributed by atoms with Crippen LogP contribution in [-0.4, -0.2) is 29.2 Å². The largest absolute Gasteiger partial charge is 0.433 e. The molecule has 0 spiro atoms. The second kappa shape index (κ2) is 6.16. The van der Waals surface area contributed by atoms with E-state index in [1.807, 2.05) is 37.3 Å². The number of aromatic nitrogens is 2. The van der Waals surface area contributed by atoms with Crippen LogP contribution < -0.4 is 4.90 Å². The second-order valence-electron chi connectivity index (χ2n) is 5.49. The monoisotopic (exact) mass is 323 g/mol. The van der Waals surface area contributed by atoms with E-state index < -0.39 is 11.9 Å². The van der Waals surface area contributed by atoms with E-state index in [0.29, 0.717) is 13.1 Å². The van der Waals surface area contributed by atoms with Gasteiger partial charge in [0.25, 0.3) is 0 Å². The van der Waals surface area contributed by atoms with Crippen molar-refractivity contribution in [2.75, 3.05) is 18.0 Å². The first kappa shape index (κ1) is 15.7. The second-order valence-corrected chi connectivity index (χ2v) is 5.49. The highest BCUT2D eigenvalue weighted by Crippen LogP contribution is 2.30. The van der Waals surface area contributed by atoms with E-state index in [4.69, 9.17) is 4.74 Å². The molecule has 1 aliphatic heterocycles. The number of rotatable bonds is 2. The maximum atomic E-state index is 12.8. The molecule has 122 valence electrons. The van der Waals surface area contributed by atoms with Crippen molar-refractivity contribution in [1.82, 2.24) is 9.97 Å². The molecule has 1 saturated heterocycles. The Morgan fingerprint density at radius 1 is 1.13 bits per heavy atom. The van der Waals surface area contributed by atoms with E-state index >= 15 is 0 Å². The van der Waals surface area contributed by atoms with Gasteiger partial charge in [-0.2, -0.15) is 13.2 Å². The van der Waals surface area contributed by atoms with Gasteiger partial charge in [0.2, 0.25) is 5.95 Å². The van der Waals surface area contributed by atoms with Crippen molar-refractivity contribution in [2.24, 2.45) is 0 Å². The van der Waals surface area contributed by atoms with Gasteiger partial charge in [0.05, 0.1) is 12.6 Å². The molecule has 7 heteroatoms. The molecule has 1 aromatic heterocycles. The van der Waals surface area contributed by atoms with Crippen molar-refractivity contribution in [3.63, 3.8) is 0 Å². The Kier molecular flexibility index (Phi) is 4.21. The summed E-state index contributed by atoms with van der Waals surface area (Å²) in [5.74, 6) is 0.0795. The Morgan fingerprint density at radius 3 is 2.57 bits per heavy atom. The van der Waals surface area contributed by atoms with Crippen molar-refractivity contribution in [3.8, 4) is 0 Å². The molecule has 0 radical (unpaired) electrons. The maximum absolute atomic E-state index is 12.8. The Morgan fingerprint density at radius 2 is 1.87 bits per heavy atom. The Balaban J connectivity index is 1.85. The van der Waals surface area contributed by atoms with Crippen LogP contribution in [0.25, 0.3) is 0 Å². The average molecular weight is 323 g/mol. The lowest BCUT2D eigenvalue weighted by Gasteiger charge is -2.37. The Bertz CT molecular complexity index is 663. The summed E-state index contributed by atoms with van der Waals surface area (Å²) < 4.78 is 44.4. The quantitative estimate of drug-likeness (QED) is 0.848. The van der Waals surface area contributed by atoms with Crippen LogP contribution in [-0.2, 0) is 10.9 Å². The fourth-order valence-corrected chi connectivity index (χ4v) is 2.63. The molecule has 1 aromatic carbocycles. The lowest BCUT2D eigenvalue weighted by atomic mass is 10.1. The van der Waals surface area contributed by atoms with Gasteiger partial charge in [-0.05, 0) is 18.6 Å². The zero-order valence-electron chi connectivity index (χ0n) is 12.5. The van der Waals surface area contributed by atoms with Crippen molar-refractivity contribution in [2.45, 2.75) is 25.3 Å². The number of anilines is 1. The zero-order valence-corrected chi connectivity index (χ0v) is 12.5. The predicted molar refractivity (Wildman–Crippen MR) is 79.0 cm³/mol. The van der Waals surface area contributed by atoms with E-state index in [-0.39, 0.29) is 18.2 Å². The van der Waals surface area contributed by atoms with Gasteiger partial charge in [-0.25, -0.2) is 9.97 Å². The highest BCUT2D eigenvalue weighted by Gasteiger charge is 2.34. The first-order valence-electron chi connectivity index (χ1n) is 7.29. The zero-order chi connectivity index (χ0) is 16.4. The molecular weight excluding hydrogens is 307 g/mol. The molecule has 0 bridgehead atoms. The number of hydrogen-bond acceptors (Lipinski definition) is 4. The molecule has 0 amide bonds. The van der Waals surface area contributed by atoms with Gasteiger partial charge >= 0.3 is 6.18 Å². The minimum Gasteiger partial charge on any atom is -0.367 e. The summed E-state index contributed by atoms with van der Waals surface area (Å²) in [6, 6.07) is 10.5. The van der Waals surface area contributed by atoms with Crippen molar-refractivity contribution >= 4 is 5.95 Å². The van der Waals surface area contributed by atoms with Gasteiger partial charge in [-0.3, -0.25) is 0 Å². The molecule has 2 atom stereocenters. The van der Waals surface area contributed by atoms with E-state index in [9.17, 15) is 13.2 Å². The summed E-state index contributed by atoms with van der Waals surface area (Å²) in [4.78, 5) is 9.40. The van der Waals surface area contributed by atoms with Crippen LogP contribution in [0.15, 0.2) is 42.6 Å². The average Bonchev–Trinajstić information content (AvgIpc) is 2.54. The van der Waals surface area contributed by atoms with Crippen LogP contribution in [0.3, 0.4) is 0 Å². The maximum Gasteiger partial charge on any atom is 0.433 e. The summed E-state index contributed by atoms with van der Waals surface area (Å²) >= 11 is 0. The molecule has 0 N–H and O–H groups in total. The Hall–Kier alpha value is -2.15. The Labute approximate surface area is 131 Å². The SMILES string of the molecule is C[C@H]1CN(c2nccc(C(F)(F)F)n2)C[C@H](c2ccccc2)O1. The number of alkyl halides is 3. The van der Waals surface area contributed by atoms with Crippen LogP contribution in [0.4, 0.5) is 19.1 Å². The first-order valence-corrected chi connectivity index (χ1v) is 7.29. The number of hydrogen-bond donors (Lipinski definition) is 0. The summed E-state index contributed by atoms with van der Waals surface area (Å²) in [6.45, 7) is 2.75. The predicted octanol–water partition coefficient (Wildman–Crippen LogP) is 3.46. The molecule has 2 heterocycles. The van der Waals surface area contributed by atoms with Crippen molar-refractivity contribution in [1.29, 1.82) is 0 Å². The molecule has 0 unspecified atom stereocenters. The van der Waals surface area contributed by atoms with Gasteiger partial charge in [0.1, 0.15) is 11.8 Å². The van der Waals surface area contributed by atoms with Gasteiger partial charge < -0.3 is 9.64 Å². The fourth-order valence-electron chi connectivity index (χ4n) is 2.63. The third-order valence-corrected chi connectivity index (χ3v) is 3.65. The first-order chi connectivity index (χ1) is 10.9. The van der Waals surface area contributed by atoms with E-state index in [2.05, 4.69) is 9.97 Å². The molecule has 23 heavy (non-hydrogen) atoms. The van der Waals surface area contributed by atoms with Gasteiger partial charge in [-0.15, -0.1) is 0 Å². The fraction of sp³-hybridized carbons (Fsp3) is 0.375. The highest BCUT2D eigenvalue weighted by atomic mass is 19.4. The minimum atomic E-state index is -4.48. The molecule has 4 nitrogen and oxygen atoms in total. The lowest BCUT2D eigenvalue weighted by molar-refractivity contribution is -0.141. The molecular formula is C16H16F3N3O. The summed E-state index contributed by atoms with van der Waals surface area (Å²) in [6.07, 6.45) is -3.69. The number of ether oxygens (including phenoxy) is 1. The molecule has 2 aromatic rings. The number of halogens is 3. The summed E-state index contributed by atoms with van der Waals surface area (Å²) in [7, 11) is 0. The van der Waals surface area contributed by atoms with Gasteiger partial charge in [0, 0.05) is 12.7 Å². The van der Waals surface area contributed by atoms with Crippen LogP contribution in [0.5, 0.6) is 0 Å².